The van der Waals surface area contributed by atoms with E-state index in [1.54, 1.807) is 18.2 Å². The predicted octanol–water partition coefficient (Wildman–Crippen LogP) is 4.93. The number of carbonyl (C=O) groups excluding carboxylic acids is 2. The van der Waals surface area contributed by atoms with Gasteiger partial charge in [0.15, 0.2) is 0 Å². The monoisotopic (exact) mass is 374 g/mol. The summed E-state index contributed by atoms with van der Waals surface area (Å²) in [5, 5.41) is 6.70. The lowest BCUT2D eigenvalue weighted by molar-refractivity contribution is 0.0966. The highest BCUT2D eigenvalue weighted by atomic mass is 16.1. The van der Waals surface area contributed by atoms with Crippen LogP contribution in [0.2, 0.25) is 0 Å². The Bertz CT molecular complexity index is 948. The third kappa shape index (κ3) is 3.59. The summed E-state index contributed by atoms with van der Waals surface area (Å²) in [7, 11) is 0. The van der Waals surface area contributed by atoms with Crippen molar-refractivity contribution >= 4 is 17.3 Å². The zero-order chi connectivity index (χ0) is 19.7. The van der Waals surface area contributed by atoms with Crippen molar-refractivity contribution in [2.75, 3.05) is 5.32 Å². The van der Waals surface area contributed by atoms with Crippen LogP contribution in [-0.4, -0.2) is 17.6 Å². The molecule has 2 aromatic carbocycles. The summed E-state index contributed by atoms with van der Waals surface area (Å²) in [6.07, 6.45) is 5.61. The quantitative estimate of drug-likeness (QED) is 0.797. The summed E-state index contributed by atoms with van der Waals surface area (Å²) in [6.45, 7) is 4.05. The number of ketones is 2. The van der Waals surface area contributed by atoms with Crippen LogP contribution in [0, 0.1) is 13.8 Å². The molecule has 0 unspecified atom stereocenters. The first-order chi connectivity index (χ1) is 13.5. The Morgan fingerprint density at radius 2 is 1.36 bits per heavy atom. The second kappa shape index (κ2) is 7.63. The van der Waals surface area contributed by atoms with Gasteiger partial charge in [0.25, 0.3) is 0 Å². The molecular weight excluding hydrogens is 348 g/mol. The fourth-order valence-corrected chi connectivity index (χ4v) is 4.27. The van der Waals surface area contributed by atoms with Crippen LogP contribution in [0.4, 0.5) is 5.69 Å². The van der Waals surface area contributed by atoms with Crippen LogP contribution in [0.5, 0.6) is 0 Å². The number of benzene rings is 2. The van der Waals surface area contributed by atoms with E-state index in [-0.39, 0.29) is 17.6 Å². The van der Waals surface area contributed by atoms with Crippen molar-refractivity contribution in [3.05, 3.63) is 76.1 Å². The Hall–Kier alpha value is -2.88. The predicted molar refractivity (Wildman–Crippen MR) is 112 cm³/mol. The second-order valence-electron chi connectivity index (χ2n) is 7.93. The minimum Gasteiger partial charge on any atom is -0.377 e. The van der Waals surface area contributed by atoms with E-state index in [1.807, 2.05) is 32.0 Å². The minimum absolute atomic E-state index is 0.104. The number of nitrogens with one attached hydrogen (secondary N) is 2. The van der Waals surface area contributed by atoms with Gasteiger partial charge in [-0.15, -0.1) is 0 Å². The van der Waals surface area contributed by atoms with Crippen LogP contribution in [-0.2, 0) is 0 Å². The molecule has 0 radical (unpaired) electrons. The van der Waals surface area contributed by atoms with Crippen molar-refractivity contribution in [2.45, 2.75) is 52.0 Å². The molecule has 2 N–H and O–H groups in total. The summed E-state index contributed by atoms with van der Waals surface area (Å²) >= 11 is 0. The van der Waals surface area contributed by atoms with Crippen molar-refractivity contribution in [3.63, 3.8) is 0 Å². The van der Waals surface area contributed by atoms with Gasteiger partial charge in [0.1, 0.15) is 11.4 Å². The Kier molecular flexibility index (Phi) is 5.03. The number of anilines is 1. The van der Waals surface area contributed by atoms with Gasteiger partial charge in [-0.1, -0.05) is 49.6 Å². The van der Waals surface area contributed by atoms with Gasteiger partial charge in [-0.3, -0.25) is 9.59 Å². The van der Waals surface area contributed by atoms with Gasteiger partial charge in [0.2, 0.25) is 11.6 Å². The van der Waals surface area contributed by atoms with E-state index < -0.39 is 0 Å². The van der Waals surface area contributed by atoms with Crippen LogP contribution in [0.3, 0.4) is 0 Å². The lowest BCUT2D eigenvalue weighted by Crippen LogP contribution is -2.39. The number of Topliss-reactive ketones (excluding diaryl/α,β-unsaturated/α-hetero) is 2. The number of fused-ring (bicyclic) bond motifs is 1. The minimum atomic E-state index is -0.132. The van der Waals surface area contributed by atoms with Crippen molar-refractivity contribution in [3.8, 4) is 0 Å². The largest absolute Gasteiger partial charge is 0.377 e. The fraction of sp³-hybridized carbons (Fsp3) is 0.333. The molecule has 1 saturated carbocycles. The molecule has 4 rings (SSSR count). The molecular formula is C24H26N2O2. The Labute approximate surface area is 166 Å². The highest BCUT2D eigenvalue weighted by Gasteiger charge is 2.33. The van der Waals surface area contributed by atoms with Crippen LogP contribution < -0.4 is 10.6 Å². The van der Waals surface area contributed by atoms with E-state index in [0.717, 1.165) is 42.5 Å². The molecule has 4 nitrogen and oxygen atoms in total. The molecule has 144 valence electrons. The summed E-state index contributed by atoms with van der Waals surface area (Å²) in [5.41, 5.74) is 4.77. The van der Waals surface area contributed by atoms with Gasteiger partial charge >= 0.3 is 0 Å². The molecule has 0 heterocycles. The van der Waals surface area contributed by atoms with Crippen LogP contribution >= 0.6 is 0 Å². The normalized spacial score (nSPS) is 17.5. The van der Waals surface area contributed by atoms with Gasteiger partial charge in [0, 0.05) is 22.9 Å². The third-order valence-electron chi connectivity index (χ3n) is 5.57. The number of carbonyl (C=O) groups is 2. The summed E-state index contributed by atoms with van der Waals surface area (Å²) < 4.78 is 0. The lowest BCUT2D eigenvalue weighted by Gasteiger charge is -2.29. The SMILES string of the molecule is Cc1cc(C)cc(NC2=C(NC3CCCCC3)C(=O)c3ccccc3C2=O)c1. The van der Waals surface area contributed by atoms with Crippen LogP contribution in [0.1, 0.15) is 63.9 Å². The second-order valence-corrected chi connectivity index (χ2v) is 7.93. The van der Waals surface area contributed by atoms with Gasteiger partial charge in [-0.2, -0.15) is 0 Å². The molecule has 0 aliphatic heterocycles. The summed E-state index contributed by atoms with van der Waals surface area (Å²) in [5.74, 6) is -0.236. The summed E-state index contributed by atoms with van der Waals surface area (Å²) in [4.78, 5) is 26.5. The van der Waals surface area contributed by atoms with Gasteiger partial charge in [-0.25, -0.2) is 0 Å². The van der Waals surface area contributed by atoms with E-state index in [2.05, 4.69) is 16.7 Å². The van der Waals surface area contributed by atoms with E-state index in [1.165, 1.54) is 6.42 Å². The highest BCUT2D eigenvalue weighted by molar-refractivity contribution is 6.27. The molecule has 0 atom stereocenters. The molecule has 0 saturated heterocycles. The smallest absolute Gasteiger partial charge is 0.212 e. The number of rotatable bonds is 4. The number of aryl methyl sites for hydroxylation is 2. The van der Waals surface area contributed by atoms with E-state index >= 15 is 0 Å². The molecule has 4 heteroatoms. The first-order valence-electron chi connectivity index (χ1n) is 10.1. The fourth-order valence-electron chi connectivity index (χ4n) is 4.27. The van der Waals surface area contributed by atoms with Crippen molar-refractivity contribution in [1.29, 1.82) is 0 Å². The average Bonchev–Trinajstić information content (AvgIpc) is 2.69. The summed E-state index contributed by atoms with van der Waals surface area (Å²) in [6, 6.07) is 13.4. The molecule has 2 aliphatic carbocycles. The molecule has 0 aromatic heterocycles. The van der Waals surface area contributed by atoms with Crippen molar-refractivity contribution < 1.29 is 9.59 Å². The maximum absolute atomic E-state index is 13.3. The standard InChI is InChI=1S/C24H26N2O2/c1-15-12-16(2)14-18(13-15)26-22-21(25-17-8-4-3-5-9-17)23(27)19-10-6-7-11-20(19)24(22)28/h6-7,10-14,17,25-26H,3-5,8-9H2,1-2H3. The van der Waals surface area contributed by atoms with Gasteiger partial charge in [0.05, 0.1) is 0 Å². The lowest BCUT2D eigenvalue weighted by atomic mass is 9.88. The highest BCUT2D eigenvalue weighted by Crippen LogP contribution is 2.29. The Morgan fingerprint density at radius 3 is 1.96 bits per heavy atom. The Morgan fingerprint density at radius 1 is 0.786 bits per heavy atom. The van der Waals surface area contributed by atoms with Crippen LogP contribution in [0.25, 0.3) is 0 Å². The average molecular weight is 374 g/mol. The third-order valence-corrected chi connectivity index (χ3v) is 5.57. The number of allylic oxidation sites excluding steroid dienone is 2. The molecule has 0 bridgehead atoms. The number of hydrogen-bond acceptors (Lipinski definition) is 4. The zero-order valence-electron chi connectivity index (χ0n) is 16.5. The molecule has 2 aromatic rings. The first kappa shape index (κ1) is 18.5. The maximum atomic E-state index is 13.3. The molecule has 2 aliphatic rings. The van der Waals surface area contributed by atoms with Crippen molar-refractivity contribution in [1.82, 2.24) is 5.32 Å². The van der Waals surface area contributed by atoms with Gasteiger partial charge in [-0.05, 0) is 49.9 Å². The topological polar surface area (TPSA) is 58.2 Å². The zero-order valence-corrected chi connectivity index (χ0v) is 16.5. The molecule has 1 fully saturated rings. The maximum Gasteiger partial charge on any atom is 0.212 e. The molecule has 28 heavy (non-hydrogen) atoms. The van der Waals surface area contributed by atoms with E-state index in [9.17, 15) is 9.59 Å². The molecule has 0 spiro atoms. The van der Waals surface area contributed by atoms with E-state index in [0.29, 0.717) is 22.5 Å². The number of hydrogen-bond donors (Lipinski definition) is 2. The first-order valence-corrected chi connectivity index (χ1v) is 10.1. The molecule has 0 amide bonds. The van der Waals surface area contributed by atoms with E-state index in [4.69, 9.17) is 0 Å². The van der Waals surface area contributed by atoms with Crippen LogP contribution in [0.15, 0.2) is 53.9 Å². The Balaban J connectivity index is 1.76. The van der Waals surface area contributed by atoms with Crippen molar-refractivity contribution in [2.24, 2.45) is 0 Å². The van der Waals surface area contributed by atoms with Gasteiger partial charge < -0.3 is 10.6 Å².